The summed E-state index contributed by atoms with van der Waals surface area (Å²) in [5, 5.41) is 0.897. The summed E-state index contributed by atoms with van der Waals surface area (Å²) >= 11 is 0. The van der Waals surface area contributed by atoms with E-state index in [4.69, 9.17) is 10.5 Å². The van der Waals surface area contributed by atoms with Gasteiger partial charge in [-0.3, -0.25) is 4.90 Å². The zero-order valence-electron chi connectivity index (χ0n) is 19.6. The molecule has 3 N–H and O–H groups in total. The van der Waals surface area contributed by atoms with Crippen LogP contribution in [-0.4, -0.2) is 43.4 Å². The number of nitrogens with one attached hydrogen (secondary N) is 1. The molecular weight excluding hydrogens is 438 g/mol. The molecule has 7 nitrogen and oxygen atoms in total. The molecule has 0 bridgehead atoms. The highest BCUT2D eigenvalue weighted by Crippen LogP contribution is 2.43. The van der Waals surface area contributed by atoms with Crippen LogP contribution in [0.1, 0.15) is 38.0 Å². The van der Waals surface area contributed by atoms with Gasteiger partial charge in [0, 0.05) is 17.1 Å². The van der Waals surface area contributed by atoms with Crippen LogP contribution in [0.3, 0.4) is 0 Å². The number of hydrogen-bond acceptors (Lipinski definition) is 5. The van der Waals surface area contributed by atoms with Gasteiger partial charge in [-0.15, -0.1) is 6.58 Å². The minimum absolute atomic E-state index is 0.0164. The second kappa shape index (κ2) is 9.57. The molecule has 2 aromatic carbocycles. The van der Waals surface area contributed by atoms with Crippen LogP contribution in [0.25, 0.3) is 0 Å². The third-order valence-electron chi connectivity index (χ3n) is 6.99. The van der Waals surface area contributed by atoms with E-state index in [1.165, 1.54) is 6.08 Å². The highest BCUT2D eigenvalue weighted by atomic mass is 32.2. The number of rotatable bonds is 7. The number of para-hydroxylation sites is 2. The molecular formula is C25H33N3O4S. The molecule has 0 spiro atoms. The standard InChI is InChI=1S/C25H33N3O4S/c1-6-22(19-14-10-11-15-21(19)32-18-12-8-7-9-13-18)33(30,31)23-16-20(27-24(26)29)17(2)25(3,4)28(23)5/h6-15,17,20,22-23H,1,16H2,2-5H3,(H3,26,27,29). The van der Waals surface area contributed by atoms with Crippen LogP contribution in [0.15, 0.2) is 67.3 Å². The fourth-order valence-electron chi connectivity index (χ4n) is 4.52. The van der Waals surface area contributed by atoms with E-state index < -0.39 is 32.0 Å². The molecule has 33 heavy (non-hydrogen) atoms. The van der Waals surface area contributed by atoms with Crippen molar-refractivity contribution in [3.63, 3.8) is 0 Å². The van der Waals surface area contributed by atoms with Gasteiger partial charge in [0.25, 0.3) is 0 Å². The number of likely N-dealkylation sites (tertiary alicyclic amines) is 1. The lowest BCUT2D eigenvalue weighted by Gasteiger charge is -2.52. The third-order valence-corrected chi connectivity index (χ3v) is 9.41. The Morgan fingerprint density at radius 1 is 1.21 bits per heavy atom. The van der Waals surface area contributed by atoms with Crippen molar-refractivity contribution in [3.8, 4) is 11.5 Å². The fourth-order valence-corrected chi connectivity index (χ4v) is 6.86. The van der Waals surface area contributed by atoms with Gasteiger partial charge >= 0.3 is 6.03 Å². The van der Waals surface area contributed by atoms with Crippen LogP contribution in [0.2, 0.25) is 0 Å². The number of hydrogen-bond donors (Lipinski definition) is 2. The number of primary amides is 1. The summed E-state index contributed by atoms with van der Waals surface area (Å²) in [6.45, 7) is 9.79. The van der Waals surface area contributed by atoms with Crippen LogP contribution in [0, 0.1) is 5.92 Å². The van der Waals surface area contributed by atoms with Crippen LogP contribution in [-0.2, 0) is 9.84 Å². The molecule has 4 atom stereocenters. The Kier molecular flexibility index (Phi) is 7.19. The van der Waals surface area contributed by atoms with Gasteiger partial charge < -0.3 is 15.8 Å². The van der Waals surface area contributed by atoms with Crippen molar-refractivity contribution < 1.29 is 17.9 Å². The van der Waals surface area contributed by atoms with E-state index in [1.807, 2.05) is 63.1 Å². The van der Waals surface area contributed by atoms with Crippen LogP contribution >= 0.6 is 0 Å². The first-order valence-corrected chi connectivity index (χ1v) is 12.6. The van der Waals surface area contributed by atoms with E-state index in [0.29, 0.717) is 17.1 Å². The number of nitrogens with two attached hydrogens (primary N) is 1. The van der Waals surface area contributed by atoms with Crippen molar-refractivity contribution in [2.24, 2.45) is 11.7 Å². The molecule has 4 unspecified atom stereocenters. The first-order chi connectivity index (χ1) is 15.5. The van der Waals surface area contributed by atoms with Crippen molar-refractivity contribution in [3.05, 3.63) is 72.8 Å². The van der Waals surface area contributed by atoms with Gasteiger partial charge in [-0.1, -0.05) is 49.4 Å². The normalized spacial score (nSPS) is 23.9. The Balaban J connectivity index is 2.02. The van der Waals surface area contributed by atoms with Gasteiger partial charge in [0.1, 0.15) is 22.1 Å². The number of carbonyl (C=O) groups is 1. The lowest BCUT2D eigenvalue weighted by atomic mass is 9.77. The van der Waals surface area contributed by atoms with Crippen LogP contribution < -0.4 is 15.8 Å². The summed E-state index contributed by atoms with van der Waals surface area (Å²) in [6, 6.07) is 15.3. The largest absolute Gasteiger partial charge is 0.457 e. The Hall–Kier alpha value is -2.84. The predicted octanol–water partition coefficient (Wildman–Crippen LogP) is 4.23. The summed E-state index contributed by atoms with van der Waals surface area (Å²) in [4.78, 5) is 13.5. The molecule has 1 fully saturated rings. The van der Waals surface area contributed by atoms with Gasteiger partial charge in [-0.2, -0.15) is 0 Å². The Bertz CT molecular complexity index is 1100. The molecule has 1 saturated heterocycles. The maximum absolute atomic E-state index is 14.0. The SMILES string of the molecule is C=CC(c1ccccc1Oc1ccccc1)S(=O)(=O)C1CC(NC(N)=O)C(C)C(C)(C)N1C. The Morgan fingerprint density at radius 3 is 2.42 bits per heavy atom. The minimum atomic E-state index is -3.82. The van der Waals surface area contributed by atoms with E-state index in [9.17, 15) is 13.2 Å². The summed E-state index contributed by atoms with van der Waals surface area (Å²) in [7, 11) is -2.01. The Morgan fingerprint density at radius 2 is 1.82 bits per heavy atom. The molecule has 3 rings (SSSR count). The first-order valence-electron chi connectivity index (χ1n) is 11.0. The van der Waals surface area contributed by atoms with E-state index in [0.717, 1.165) is 0 Å². The number of nitrogens with zero attached hydrogens (tertiary/aromatic N) is 1. The zero-order chi connectivity index (χ0) is 24.4. The summed E-state index contributed by atoms with van der Waals surface area (Å²) in [5.74, 6) is 1.05. The lowest BCUT2D eigenvalue weighted by molar-refractivity contribution is 0.0168. The molecule has 1 heterocycles. The predicted molar refractivity (Wildman–Crippen MR) is 131 cm³/mol. The smallest absolute Gasteiger partial charge is 0.312 e. The van der Waals surface area contributed by atoms with Crippen molar-refractivity contribution >= 4 is 15.9 Å². The van der Waals surface area contributed by atoms with Crippen molar-refractivity contribution in [1.82, 2.24) is 10.2 Å². The van der Waals surface area contributed by atoms with Gasteiger partial charge in [-0.25, -0.2) is 13.2 Å². The molecule has 0 aromatic heterocycles. The quantitative estimate of drug-likeness (QED) is 0.588. The molecule has 178 valence electrons. The third kappa shape index (κ3) is 4.91. The summed E-state index contributed by atoms with van der Waals surface area (Å²) < 4.78 is 34.1. The minimum Gasteiger partial charge on any atom is -0.457 e. The fraction of sp³-hybridized carbons (Fsp3) is 0.400. The van der Waals surface area contributed by atoms with Gasteiger partial charge in [0.2, 0.25) is 0 Å². The number of urea groups is 1. The lowest BCUT2D eigenvalue weighted by Crippen LogP contribution is -2.65. The van der Waals surface area contributed by atoms with Crippen molar-refractivity contribution in [1.29, 1.82) is 0 Å². The molecule has 0 radical (unpaired) electrons. The maximum Gasteiger partial charge on any atom is 0.312 e. The van der Waals surface area contributed by atoms with Gasteiger partial charge in [0.05, 0.1) is 0 Å². The number of amides is 2. The summed E-state index contributed by atoms with van der Waals surface area (Å²) in [5.41, 5.74) is 5.40. The number of benzene rings is 2. The highest BCUT2D eigenvalue weighted by molar-refractivity contribution is 7.92. The van der Waals surface area contributed by atoms with Crippen molar-refractivity contribution in [2.45, 2.75) is 49.4 Å². The number of sulfone groups is 1. The van der Waals surface area contributed by atoms with Crippen molar-refractivity contribution in [2.75, 3.05) is 7.05 Å². The average molecular weight is 472 g/mol. The molecule has 1 aliphatic rings. The molecule has 0 saturated carbocycles. The summed E-state index contributed by atoms with van der Waals surface area (Å²) in [6.07, 6.45) is 1.66. The highest BCUT2D eigenvalue weighted by Gasteiger charge is 2.50. The Labute approximate surface area is 196 Å². The molecule has 8 heteroatoms. The van der Waals surface area contributed by atoms with Crippen LogP contribution in [0.5, 0.6) is 11.5 Å². The maximum atomic E-state index is 14.0. The van der Waals surface area contributed by atoms with Gasteiger partial charge in [-0.05, 0) is 51.4 Å². The average Bonchev–Trinajstić information content (AvgIpc) is 2.76. The number of ether oxygens (including phenoxy) is 1. The number of carbonyl (C=O) groups excluding carboxylic acids is 1. The zero-order valence-corrected chi connectivity index (χ0v) is 20.4. The molecule has 2 amide bonds. The van der Waals surface area contributed by atoms with Crippen LogP contribution in [0.4, 0.5) is 4.79 Å². The monoisotopic (exact) mass is 471 g/mol. The topological polar surface area (TPSA) is 102 Å². The van der Waals surface area contributed by atoms with E-state index >= 15 is 0 Å². The van der Waals surface area contributed by atoms with E-state index in [2.05, 4.69) is 11.9 Å². The second-order valence-electron chi connectivity index (χ2n) is 9.06. The molecule has 1 aliphatic heterocycles. The first kappa shape index (κ1) is 24.8. The molecule has 2 aromatic rings. The second-order valence-corrected chi connectivity index (χ2v) is 11.3. The van der Waals surface area contributed by atoms with E-state index in [-0.39, 0.29) is 18.4 Å². The number of piperidine rings is 1. The van der Waals surface area contributed by atoms with E-state index in [1.54, 1.807) is 24.3 Å². The van der Waals surface area contributed by atoms with Gasteiger partial charge in [0.15, 0.2) is 9.84 Å². The molecule has 0 aliphatic carbocycles.